The normalized spacial score (nSPS) is 12.0. The zero-order chi connectivity index (χ0) is 16.5. The van der Waals surface area contributed by atoms with Crippen molar-refractivity contribution in [1.82, 2.24) is 5.32 Å². The number of carbonyl (C=O) groups excluding carboxylic acids is 1. The van der Waals surface area contributed by atoms with E-state index in [-0.39, 0.29) is 24.7 Å². The van der Waals surface area contributed by atoms with Crippen LogP contribution in [-0.2, 0) is 9.59 Å². The van der Waals surface area contributed by atoms with Gasteiger partial charge >= 0.3 is 5.97 Å². The molecule has 1 aromatic carbocycles. The van der Waals surface area contributed by atoms with Gasteiger partial charge in [0.15, 0.2) is 0 Å². The molecule has 1 atom stereocenters. The van der Waals surface area contributed by atoms with Gasteiger partial charge in [-0.25, -0.2) is 8.78 Å². The van der Waals surface area contributed by atoms with Crippen LogP contribution in [0.1, 0.15) is 50.5 Å². The Bertz CT molecular complexity index is 520. The third kappa shape index (κ3) is 6.65. The topological polar surface area (TPSA) is 66.4 Å². The molecule has 4 nitrogen and oxygen atoms in total. The van der Waals surface area contributed by atoms with Gasteiger partial charge in [-0.15, -0.1) is 0 Å². The Morgan fingerprint density at radius 2 is 1.95 bits per heavy atom. The van der Waals surface area contributed by atoms with Gasteiger partial charge in [-0.05, 0) is 30.4 Å². The predicted octanol–water partition coefficient (Wildman–Crippen LogP) is 3.22. The number of benzene rings is 1. The van der Waals surface area contributed by atoms with E-state index in [9.17, 15) is 18.4 Å². The van der Waals surface area contributed by atoms with Crippen molar-refractivity contribution < 1.29 is 23.5 Å². The number of rotatable bonds is 9. The second-order valence-corrected chi connectivity index (χ2v) is 5.33. The lowest BCUT2D eigenvalue weighted by molar-refractivity contribution is -0.137. The van der Waals surface area contributed by atoms with Crippen LogP contribution in [0.5, 0.6) is 0 Å². The molecule has 1 aromatic rings. The molecule has 1 amide bonds. The van der Waals surface area contributed by atoms with Crippen LogP contribution in [0, 0.1) is 11.6 Å². The molecular formula is C16H21F2NO3. The van der Waals surface area contributed by atoms with Crippen LogP contribution in [0.15, 0.2) is 18.2 Å². The van der Waals surface area contributed by atoms with Crippen molar-refractivity contribution in [3.05, 3.63) is 35.4 Å². The zero-order valence-electron chi connectivity index (χ0n) is 12.6. The number of hydrogen-bond acceptors (Lipinski definition) is 2. The van der Waals surface area contributed by atoms with Crippen LogP contribution in [0.25, 0.3) is 0 Å². The number of carboxylic acid groups (broad SMARTS) is 1. The second kappa shape index (κ2) is 9.12. The van der Waals surface area contributed by atoms with Gasteiger partial charge in [0.25, 0.3) is 0 Å². The van der Waals surface area contributed by atoms with E-state index >= 15 is 0 Å². The summed E-state index contributed by atoms with van der Waals surface area (Å²) in [6.45, 7) is 2.18. The van der Waals surface area contributed by atoms with Gasteiger partial charge in [0.05, 0.1) is 0 Å². The SMILES string of the molecule is CC(CC(=O)NCCCCCC(=O)O)c1ccc(F)cc1F. The van der Waals surface area contributed by atoms with Crippen LogP contribution in [0.2, 0.25) is 0 Å². The van der Waals surface area contributed by atoms with Crippen molar-refractivity contribution in [1.29, 1.82) is 0 Å². The van der Waals surface area contributed by atoms with E-state index in [4.69, 9.17) is 5.11 Å². The molecule has 0 spiro atoms. The van der Waals surface area contributed by atoms with Crippen molar-refractivity contribution >= 4 is 11.9 Å². The first-order chi connectivity index (χ1) is 10.4. The highest BCUT2D eigenvalue weighted by Gasteiger charge is 2.15. The van der Waals surface area contributed by atoms with Crippen molar-refractivity contribution in [2.24, 2.45) is 0 Å². The second-order valence-electron chi connectivity index (χ2n) is 5.33. The minimum absolute atomic E-state index is 0.123. The summed E-state index contributed by atoms with van der Waals surface area (Å²) in [5.41, 5.74) is 0.318. The summed E-state index contributed by atoms with van der Waals surface area (Å²) in [5, 5.41) is 11.2. The molecule has 1 rings (SSSR count). The van der Waals surface area contributed by atoms with E-state index in [1.165, 1.54) is 12.1 Å². The van der Waals surface area contributed by atoms with E-state index in [2.05, 4.69) is 5.32 Å². The lowest BCUT2D eigenvalue weighted by atomic mass is 9.97. The maximum absolute atomic E-state index is 13.6. The van der Waals surface area contributed by atoms with Crippen molar-refractivity contribution in [3.8, 4) is 0 Å². The number of nitrogens with one attached hydrogen (secondary N) is 1. The summed E-state index contributed by atoms with van der Waals surface area (Å²) in [4.78, 5) is 22.1. The number of halogens is 2. The third-order valence-electron chi connectivity index (χ3n) is 3.37. The van der Waals surface area contributed by atoms with Crippen molar-refractivity contribution in [2.75, 3.05) is 6.54 Å². The first kappa shape index (κ1) is 18.1. The first-order valence-corrected chi connectivity index (χ1v) is 7.33. The molecule has 0 radical (unpaired) electrons. The van der Waals surface area contributed by atoms with Crippen LogP contribution in [0.4, 0.5) is 8.78 Å². The standard InChI is InChI=1S/C16H21F2NO3/c1-11(13-7-6-12(17)10-14(13)18)9-15(20)19-8-4-2-3-5-16(21)22/h6-7,10-11H,2-5,8-9H2,1H3,(H,19,20)(H,21,22). The van der Waals surface area contributed by atoms with Gasteiger partial charge in [-0.3, -0.25) is 9.59 Å². The molecule has 0 heterocycles. The predicted molar refractivity (Wildman–Crippen MR) is 78.5 cm³/mol. The minimum atomic E-state index is -0.820. The largest absolute Gasteiger partial charge is 0.481 e. The van der Waals surface area contributed by atoms with Gasteiger partial charge in [-0.2, -0.15) is 0 Å². The molecule has 0 aliphatic rings. The zero-order valence-corrected chi connectivity index (χ0v) is 12.6. The van der Waals surface area contributed by atoms with Gasteiger partial charge in [0.2, 0.25) is 5.91 Å². The van der Waals surface area contributed by atoms with E-state index in [0.717, 1.165) is 12.5 Å². The van der Waals surface area contributed by atoms with Gasteiger partial charge in [-0.1, -0.05) is 19.4 Å². The molecule has 0 fully saturated rings. The summed E-state index contributed by atoms with van der Waals surface area (Å²) in [7, 11) is 0. The first-order valence-electron chi connectivity index (χ1n) is 7.33. The molecule has 0 saturated carbocycles. The number of carbonyl (C=O) groups is 2. The molecule has 122 valence electrons. The van der Waals surface area contributed by atoms with Crippen LogP contribution >= 0.6 is 0 Å². The molecule has 0 aromatic heterocycles. The average molecular weight is 313 g/mol. The fourth-order valence-corrected chi connectivity index (χ4v) is 2.17. The molecule has 2 N–H and O–H groups in total. The number of unbranched alkanes of at least 4 members (excludes halogenated alkanes) is 2. The third-order valence-corrected chi connectivity index (χ3v) is 3.37. The van der Waals surface area contributed by atoms with Crippen LogP contribution in [-0.4, -0.2) is 23.5 Å². The Kier molecular flexibility index (Phi) is 7.49. The molecule has 0 aliphatic heterocycles. The van der Waals surface area contributed by atoms with Crippen LogP contribution in [0.3, 0.4) is 0 Å². The Balaban J connectivity index is 2.28. The highest BCUT2D eigenvalue weighted by Crippen LogP contribution is 2.22. The van der Waals surface area contributed by atoms with Crippen molar-refractivity contribution in [2.45, 2.75) is 44.9 Å². The summed E-state index contributed by atoms with van der Waals surface area (Å²) in [6, 6.07) is 3.34. The maximum atomic E-state index is 13.6. The number of carboxylic acids is 1. The Morgan fingerprint density at radius 3 is 2.59 bits per heavy atom. The quantitative estimate of drug-likeness (QED) is 0.688. The smallest absolute Gasteiger partial charge is 0.303 e. The van der Waals surface area contributed by atoms with Gasteiger partial charge in [0, 0.05) is 25.5 Å². The van der Waals surface area contributed by atoms with Gasteiger partial charge < -0.3 is 10.4 Å². The number of hydrogen-bond donors (Lipinski definition) is 2. The molecule has 0 bridgehead atoms. The maximum Gasteiger partial charge on any atom is 0.303 e. The minimum Gasteiger partial charge on any atom is -0.481 e. The summed E-state index contributed by atoms with van der Waals surface area (Å²) in [6.07, 6.45) is 2.28. The Hall–Kier alpha value is -1.98. The van der Waals surface area contributed by atoms with Crippen molar-refractivity contribution in [3.63, 3.8) is 0 Å². The van der Waals surface area contributed by atoms with E-state index in [1.807, 2.05) is 0 Å². The molecule has 1 unspecified atom stereocenters. The summed E-state index contributed by atoms with van der Waals surface area (Å²) >= 11 is 0. The lowest BCUT2D eigenvalue weighted by Gasteiger charge is -2.13. The highest BCUT2D eigenvalue weighted by molar-refractivity contribution is 5.76. The lowest BCUT2D eigenvalue weighted by Crippen LogP contribution is -2.25. The summed E-state index contributed by atoms with van der Waals surface area (Å²) < 4.78 is 26.4. The van der Waals surface area contributed by atoms with E-state index in [0.29, 0.717) is 24.9 Å². The van der Waals surface area contributed by atoms with E-state index in [1.54, 1.807) is 6.92 Å². The molecule has 0 aliphatic carbocycles. The van der Waals surface area contributed by atoms with Gasteiger partial charge in [0.1, 0.15) is 11.6 Å². The highest BCUT2D eigenvalue weighted by atomic mass is 19.1. The Labute approximate surface area is 128 Å². The van der Waals surface area contributed by atoms with Crippen LogP contribution < -0.4 is 5.32 Å². The fourth-order valence-electron chi connectivity index (χ4n) is 2.17. The molecule has 22 heavy (non-hydrogen) atoms. The number of amides is 1. The molecular weight excluding hydrogens is 292 g/mol. The summed E-state index contributed by atoms with van der Waals surface area (Å²) in [5.74, 6) is -2.64. The average Bonchev–Trinajstić information content (AvgIpc) is 2.42. The monoisotopic (exact) mass is 313 g/mol. The van der Waals surface area contributed by atoms with E-state index < -0.39 is 17.6 Å². The molecule has 0 saturated heterocycles. The Morgan fingerprint density at radius 1 is 1.23 bits per heavy atom. The number of aliphatic carboxylic acids is 1. The molecule has 6 heteroatoms. The fraction of sp³-hybridized carbons (Fsp3) is 0.500.